The second-order valence-corrected chi connectivity index (χ2v) is 8.69. The van der Waals surface area contributed by atoms with E-state index in [9.17, 15) is 18.0 Å². The molecule has 0 fully saturated rings. The summed E-state index contributed by atoms with van der Waals surface area (Å²) in [6.07, 6.45) is -0.0142. The minimum atomic E-state index is -3.76. The lowest BCUT2D eigenvalue weighted by atomic mass is 10.1. The Hall–Kier alpha value is -2.91. The van der Waals surface area contributed by atoms with E-state index >= 15 is 0 Å². The van der Waals surface area contributed by atoms with Crippen LogP contribution < -0.4 is 19.5 Å². The van der Waals surface area contributed by atoms with Gasteiger partial charge in [-0.05, 0) is 43.7 Å². The Kier molecular flexibility index (Phi) is 6.73. The van der Waals surface area contributed by atoms with Crippen molar-refractivity contribution in [2.24, 2.45) is 0 Å². The van der Waals surface area contributed by atoms with E-state index in [-0.39, 0.29) is 35.6 Å². The lowest BCUT2D eigenvalue weighted by Crippen LogP contribution is -2.32. The number of hydrogen-bond donors (Lipinski definition) is 2. The largest absolute Gasteiger partial charge is 0.486 e. The number of rotatable bonds is 8. The average molecular weight is 432 g/mol. The number of nitrogens with one attached hydrogen (secondary N) is 2. The number of benzene rings is 2. The van der Waals surface area contributed by atoms with E-state index in [1.807, 2.05) is 19.1 Å². The van der Waals surface area contributed by atoms with Crippen LogP contribution >= 0.6 is 0 Å². The van der Waals surface area contributed by atoms with Gasteiger partial charge in [-0.2, -0.15) is 0 Å². The first kappa shape index (κ1) is 21.8. The maximum atomic E-state index is 12.3. The number of ether oxygens (including phenoxy) is 2. The number of carbonyl (C=O) groups excluding carboxylic acids is 2. The van der Waals surface area contributed by atoms with Crippen LogP contribution in [0.25, 0.3) is 0 Å². The molecular formula is C21H24N2O6S. The van der Waals surface area contributed by atoms with Crippen molar-refractivity contribution in [2.75, 3.05) is 19.8 Å². The number of ketones is 1. The van der Waals surface area contributed by atoms with Gasteiger partial charge < -0.3 is 14.8 Å². The smallest absolute Gasteiger partial charge is 0.240 e. The van der Waals surface area contributed by atoms with E-state index in [1.165, 1.54) is 31.2 Å². The second-order valence-electron chi connectivity index (χ2n) is 6.92. The van der Waals surface area contributed by atoms with Gasteiger partial charge in [-0.3, -0.25) is 9.59 Å². The Morgan fingerprint density at radius 1 is 1.03 bits per heavy atom. The van der Waals surface area contributed by atoms with Crippen LogP contribution in [0.15, 0.2) is 47.4 Å². The zero-order valence-corrected chi connectivity index (χ0v) is 17.6. The van der Waals surface area contributed by atoms with Crippen LogP contribution in [0, 0.1) is 0 Å². The van der Waals surface area contributed by atoms with Crippen molar-refractivity contribution < 1.29 is 27.5 Å². The number of Topliss-reactive ketones (excluding diaryl/α,β-unsaturated/α-hetero) is 1. The highest BCUT2D eigenvalue weighted by atomic mass is 32.2. The molecule has 0 radical (unpaired) electrons. The Bertz CT molecular complexity index is 1030. The lowest BCUT2D eigenvalue weighted by molar-refractivity contribution is -0.121. The molecule has 1 heterocycles. The Balaban J connectivity index is 1.51. The molecule has 0 aliphatic carbocycles. The molecule has 30 heavy (non-hydrogen) atoms. The van der Waals surface area contributed by atoms with E-state index in [4.69, 9.17) is 9.47 Å². The first-order chi connectivity index (χ1) is 14.3. The van der Waals surface area contributed by atoms with Gasteiger partial charge in [0.1, 0.15) is 13.2 Å². The van der Waals surface area contributed by atoms with Gasteiger partial charge >= 0.3 is 0 Å². The predicted octanol–water partition coefficient (Wildman–Crippen LogP) is 2.21. The van der Waals surface area contributed by atoms with Gasteiger partial charge in [-0.1, -0.05) is 18.2 Å². The molecule has 0 aromatic heterocycles. The van der Waals surface area contributed by atoms with Gasteiger partial charge in [0.15, 0.2) is 17.3 Å². The highest BCUT2D eigenvalue weighted by Gasteiger charge is 2.17. The Morgan fingerprint density at radius 3 is 2.37 bits per heavy atom. The Labute approximate surface area is 175 Å². The fraction of sp³-hybridized carbons (Fsp3) is 0.333. The summed E-state index contributed by atoms with van der Waals surface area (Å²) in [5.41, 5.74) is 1.29. The fourth-order valence-electron chi connectivity index (χ4n) is 2.98. The first-order valence-corrected chi connectivity index (χ1v) is 11.0. The molecule has 1 atom stereocenters. The molecule has 9 heteroatoms. The van der Waals surface area contributed by atoms with Crippen molar-refractivity contribution in [3.8, 4) is 11.5 Å². The summed E-state index contributed by atoms with van der Waals surface area (Å²) in [4.78, 5) is 23.5. The van der Waals surface area contributed by atoms with E-state index in [0.29, 0.717) is 30.3 Å². The maximum absolute atomic E-state index is 12.3. The quantitative estimate of drug-likeness (QED) is 0.619. The molecular weight excluding hydrogens is 408 g/mol. The third-order valence-electron chi connectivity index (χ3n) is 4.66. The van der Waals surface area contributed by atoms with Crippen LogP contribution in [0.4, 0.5) is 0 Å². The zero-order chi connectivity index (χ0) is 21.7. The van der Waals surface area contributed by atoms with Crippen molar-refractivity contribution >= 4 is 21.7 Å². The molecule has 2 aromatic carbocycles. The van der Waals surface area contributed by atoms with Gasteiger partial charge in [0.25, 0.3) is 0 Å². The minimum absolute atomic E-state index is 0.0142. The van der Waals surface area contributed by atoms with Crippen LogP contribution in [0.2, 0.25) is 0 Å². The standard InChI is InChI=1S/C21H24N2O6S/c1-14(17-5-8-19-20(13-17)29-12-11-28-19)23-21(25)9-10-22-30(26,27)18-6-3-16(4-7-18)15(2)24/h3-8,13-14,22H,9-12H2,1-2H3,(H,23,25)/t14-/m1/s1. The van der Waals surface area contributed by atoms with E-state index in [0.717, 1.165) is 5.56 Å². The summed E-state index contributed by atoms with van der Waals surface area (Å²) in [7, 11) is -3.76. The molecule has 1 amide bonds. The van der Waals surface area contributed by atoms with Crippen molar-refractivity contribution in [2.45, 2.75) is 31.2 Å². The summed E-state index contributed by atoms with van der Waals surface area (Å²) < 4.78 is 38.1. The average Bonchev–Trinajstić information content (AvgIpc) is 2.73. The SMILES string of the molecule is CC(=O)c1ccc(S(=O)(=O)NCCC(=O)N[C@H](C)c2ccc3c(c2)OCCO3)cc1. The summed E-state index contributed by atoms with van der Waals surface area (Å²) in [6, 6.07) is 10.9. The normalized spacial score (nSPS) is 14.1. The number of carbonyl (C=O) groups is 2. The van der Waals surface area contributed by atoms with Crippen LogP contribution in [0.5, 0.6) is 11.5 Å². The van der Waals surface area contributed by atoms with Crippen LogP contribution in [0.1, 0.15) is 42.2 Å². The fourth-order valence-corrected chi connectivity index (χ4v) is 4.01. The first-order valence-electron chi connectivity index (χ1n) is 9.56. The van der Waals surface area contributed by atoms with Crippen molar-refractivity contribution in [3.63, 3.8) is 0 Å². The molecule has 2 N–H and O–H groups in total. The molecule has 160 valence electrons. The molecule has 8 nitrogen and oxygen atoms in total. The van der Waals surface area contributed by atoms with Gasteiger partial charge in [-0.25, -0.2) is 13.1 Å². The van der Waals surface area contributed by atoms with Crippen molar-refractivity contribution in [1.82, 2.24) is 10.0 Å². The molecule has 3 rings (SSSR count). The van der Waals surface area contributed by atoms with Crippen LogP contribution in [-0.4, -0.2) is 39.9 Å². The molecule has 0 bridgehead atoms. The predicted molar refractivity (Wildman–Crippen MR) is 110 cm³/mol. The van der Waals surface area contributed by atoms with Crippen molar-refractivity contribution in [1.29, 1.82) is 0 Å². The number of sulfonamides is 1. The minimum Gasteiger partial charge on any atom is -0.486 e. The van der Waals surface area contributed by atoms with E-state index in [2.05, 4.69) is 10.0 Å². The number of fused-ring (bicyclic) bond motifs is 1. The number of amides is 1. The molecule has 0 saturated heterocycles. The third kappa shape index (κ3) is 5.37. The summed E-state index contributed by atoms with van der Waals surface area (Å²) in [5, 5.41) is 2.84. The molecule has 0 saturated carbocycles. The Morgan fingerprint density at radius 2 is 1.70 bits per heavy atom. The third-order valence-corrected chi connectivity index (χ3v) is 6.14. The van der Waals surface area contributed by atoms with Gasteiger partial charge in [-0.15, -0.1) is 0 Å². The molecule has 1 aliphatic heterocycles. The van der Waals surface area contributed by atoms with Gasteiger partial charge in [0, 0.05) is 18.5 Å². The van der Waals surface area contributed by atoms with E-state index in [1.54, 1.807) is 6.07 Å². The molecule has 1 aliphatic rings. The molecule has 2 aromatic rings. The summed E-state index contributed by atoms with van der Waals surface area (Å²) >= 11 is 0. The highest BCUT2D eigenvalue weighted by Crippen LogP contribution is 2.32. The topological polar surface area (TPSA) is 111 Å². The molecule has 0 unspecified atom stereocenters. The molecule has 0 spiro atoms. The number of hydrogen-bond acceptors (Lipinski definition) is 6. The monoisotopic (exact) mass is 432 g/mol. The van der Waals surface area contributed by atoms with E-state index < -0.39 is 10.0 Å². The van der Waals surface area contributed by atoms with Gasteiger partial charge in [0.2, 0.25) is 15.9 Å². The second kappa shape index (κ2) is 9.27. The van der Waals surface area contributed by atoms with Crippen LogP contribution in [-0.2, 0) is 14.8 Å². The van der Waals surface area contributed by atoms with Gasteiger partial charge in [0.05, 0.1) is 10.9 Å². The zero-order valence-electron chi connectivity index (χ0n) is 16.8. The summed E-state index contributed by atoms with van der Waals surface area (Å²) in [5.74, 6) is 0.889. The van der Waals surface area contributed by atoms with Crippen LogP contribution in [0.3, 0.4) is 0 Å². The maximum Gasteiger partial charge on any atom is 0.240 e. The summed E-state index contributed by atoms with van der Waals surface area (Å²) in [6.45, 7) is 4.19. The lowest BCUT2D eigenvalue weighted by Gasteiger charge is -2.21. The van der Waals surface area contributed by atoms with Crippen molar-refractivity contribution in [3.05, 3.63) is 53.6 Å². The highest BCUT2D eigenvalue weighted by molar-refractivity contribution is 7.89.